The van der Waals surface area contributed by atoms with E-state index in [0.29, 0.717) is 12.2 Å². The van der Waals surface area contributed by atoms with E-state index in [0.717, 1.165) is 28.6 Å². The van der Waals surface area contributed by atoms with Crippen LogP contribution >= 0.6 is 0 Å². The minimum atomic E-state index is -0.594. The van der Waals surface area contributed by atoms with Gasteiger partial charge in [-0.3, -0.25) is 4.98 Å². The van der Waals surface area contributed by atoms with Crippen molar-refractivity contribution in [3.05, 3.63) is 65.7 Å². The molecule has 2 aromatic heterocycles. The minimum absolute atomic E-state index is 0.594. The Balaban J connectivity index is 1.75. The summed E-state index contributed by atoms with van der Waals surface area (Å²) in [5, 5.41) is 11.3. The minimum Gasteiger partial charge on any atom is -0.458 e. The number of aliphatic hydroxyl groups excluding tert-OH is 1. The maximum Gasteiger partial charge on any atom is 0.137 e. The van der Waals surface area contributed by atoms with Gasteiger partial charge in [0.25, 0.3) is 0 Å². The van der Waals surface area contributed by atoms with Crippen molar-refractivity contribution in [2.45, 2.75) is 25.9 Å². The van der Waals surface area contributed by atoms with Crippen molar-refractivity contribution in [3.8, 4) is 0 Å². The molecule has 1 unspecified atom stereocenters. The van der Waals surface area contributed by atoms with Gasteiger partial charge in [-0.2, -0.15) is 0 Å². The predicted molar refractivity (Wildman–Crippen MR) is 78.5 cm³/mol. The number of fused-ring (bicyclic) bond motifs is 1. The van der Waals surface area contributed by atoms with E-state index in [9.17, 15) is 5.11 Å². The van der Waals surface area contributed by atoms with Gasteiger partial charge in [0.15, 0.2) is 0 Å². The number of furan rings is 1. The number of aryl methyl sites for hydroxylation is 2. The molecule has 1 atom stereocenters. The van der Waals surface area contributed by atoms with Crippen LogP contribution in [0.1, 0.15) is 29.5 Å². The van der Waals surface area contributed by atoms with E-state index >= 15 is 0 Å². The van der Waals surface area contributed by atoms with Gasteiger partial charge < -0.3 is 9.52 Å². The first-order valence-corrected chi connectivity index (χ1v) is 6.81. The third-order valence-corrected chi connectivity index (χ3v) is 3.49. The topological polar surface area (TPSA) is 46.3 Å². The number of nitrogens with zero attached hydrogens (tertiary/aromatic N) is 1. The Labute approximate surface area is 117 Å². The van der Waals surface area contributed by atoms with Gasteiger partial charge in [0.05, 0.1) is 0 Å². The molecule has 3 nitrogen and oxygen atoms in total. The number of hydrogen-bond donors (Lipinski definition) is 1. The maximum absolute atomic E-state index is 10.3. The van der Waals surface area contributed by atoms with Gasteiger partial charge in [-0.1, -0.05) is 24.3 Å². The zero-order valence-electron chi connectivity index (χ0n) is 11.4. The lowest BCUT2D eigenvalue weighted by molar-refractivity contribution is 0.142. The molecular formula is C17H17NO2. The second kappa shape index (κ2) is 5.47. The van der Waals surface area contributed by atoms with Gasteiger partial charge >= 0.3 is 0 Å². The molecule has 0 bridgehead atoms. The van der Waals surface area contributed by atoms with Crippen molar-refractivity contribution in [3.63, 3.8) is 0 Å². The summed E-state index contributed by atoms with van der Waals surface area (Å²) in [5.74, 6) is 0.630. The average molecular weight is 267 g/mol. The molecule has 0 saturated heterocycles. The molecule has 20 heavy (non-hydrogen) atoms. The predicted octanol–water partition coefficient (Wildman–Crippen LogP) is 3.80. The highest BCUT2D eigenvalue weighted by atomic mass is 16.4. The summed E-state index contributed by atoms with van der Waals surface area (Å²) < 4.78 is 5.78. The molecule has 0 aliphatic carbocycles. The van der Waals surface area contributed by atoms with E-state index in [-0.39, 0.29) is 0 Å². The largest absolute Gasteiger partial charge is 0.458 e. The Morgan fingerprint density at radius 3 is 2.85 bits per heavy atom. The zero-order chi connectivity index (χ0) is 13.9. The molecule has 3 heteroatoms. The molecule has 2 heterocycles. The fraction of sp³-hybridized carbons (Fsp3) is 0.235. The zero-order valence-corrected chi connectivity index (χ0v) is 11.4. The molecule has 3 rings (SSSR count). The third-order valence-electron chi connectivity index (χ3n) is 3.49. The van der Waals surface area contributed by atoms with Gasteiger partial charge in [-0.25, -0.2) is 0 Å². The molecule has 1 N–H and O–H groups in total. The third kappa shape index (κ3) is 2.58. The van der Waals surface area contributed by atoms with E-state index < -0.39 is 6.10 Å². The quantitative estimate of drug-likeness (QED) is 0.782. The van der Waals surface area contributed by atoms with Crippen molar-refractivity contribution in [2.75, 3.05) is 0 Å². The molecule has 102 valence electrons. The number of aliphatic hydroxyl groups is 1. The number of rotatable bonds is 4. The molecule has 0 amide bonds. The number of benzene rings is 1. The Hall–Kier alpha value is -2.13. The van der Waals surface area contributed by atoms with Crippen LogP contribution in [0.2, 0.25) is 0 Å². The summed E-state index contributed by atoms with van der Waals surface area (Å²) in [4.78, 5) is 4.26. The standard InChI is InChI=1S/C17H17NO2/c1-12-5-4-6-13-11-16(20-17(12)13)15(19)9-8-14-7-2-3-10-18-14/h2-7,10-11,15,19H,8-9H2,1H3. The average Bonchev–Trinajstić information content (AvgIpc) is 2.91. The highest BCUT2D eigenvalue weighted by molar-refractivity contribution is 5.80. The Bertz CT molecular complexity index is 703. The summed E-state index contributed by atoms with van der Waals surface area (Å²) in [6.45, 7) is 2.01. The van der Waals surface area contributed by atoms with Crippen LogP contribution < -0.4 is 0 Å². The lowest BCUT2D eigenvalue weighted by Crippen LogP contribution is -1.99. The lowest BCUT2D eigenvalue weighted by atomic mass is 10.1. The smallest absolute Gasteiger partial charge is 0.137 e. The van der Waals surface area contributed by atoms with E-state index in [1.54, 1.807) is 6.20 Å². The van der Waals surface area contributed by atoms with Crippen molar-refractivity contribution >= 4 is 11.0 Å². The fourth-order valence-corrected chi connectivity index (χ4v) is 2.37. The van der Waals surface area contributed by atoms with Gasteiger partial charge in [0.2, 0.25) is 0 Å². The van der Waals surface area contributed by atoms with Crippen LogP contribution in [-0.2, 0) is 6.42 Å². The van der Waals surface area contributed by atoms with Crippen LogP contribution in [0.5, 0.6) is 0 Å². The summed E-state index contributed by atoms with van der Waals surface area (Å²) in [5.41, 5.74) is 2.93. The molecule has 0 saturated carbocycles. The van der Waals surface area contributed by atoms with Crippen molar-refractivity contribution < 1.29 is 9.52 Å². The fourth-order valence-electron chi connectivity index (χ4n) is 2.37. The van der Waals surface area contributed by atoms with E-state index in [4.69, 9.17) is 4.42 Å². The molecule has 0 fully saturated rings. The summed E-state index contributed by atoms with van der Waals surface area (Å²) in [7, 11) is 0. The van der Waals surface area contributed by atoms with Crippen LogP contribution in [0, 0.1) is 6.92 Å². The normalized spacial score (nSPS) is 12.7. The number of hydrogen-bond acceptors (Lipinski definition) is 3. The van der Waals surface area contributed by atoms with Crippen molar-refractivity contribution in [1.29, 1.82) is 0 Å². The molecule has 3 aromatic rings. The monoisotopic (exact) mass is 267 g/mol. The highest BCUT2D eigenvalue weighted by Crippen LogP contribution is 2.28. The van der Waals surface area contributed by atoms with Gasteiger partial charge in [-0.05, 0) is 43.5 Å². The van der Waals surface area contributed by atoms with Crippen LogP contribution in [0.15, 0.2) is 53.1 Å². The molecule has 0 spiro atoms. The Morgan fingerprint density at radius 1 is 1.20 bits per heavy atom. The Morgan fingerprint density at radius 2 is 2.10 bits per heavy atom. The summed E-state index contributed by atoms with van der Waals surface area (Å²) >= 11 is 0. The van der Waals surface area contributed by atoms with Gasteiger partial charge in [-0.15, -0.1) is 0 Å². The molecule has 0 radical (unpaired) electrons. The molecule has 1 aromatic carbocycles. The van der Waals surface area contributed by atoms with Crippen LogP contribution in [0.4, 0.5) is 0 Å². The first kappa shape index (κ1) is 12.9. The number of aromatic nitrogens is 1. The molecular weight excluding hydrogens is 250 g/mol. The van der Waals surface area contributed by atoms with E-state index in [1.807, 2.05) is 49.4 Å². The van der Waals surface area contributed by atoms with Crippen LogP contribution in [-0.4, -0.2) is 10.1 Å². The van der Waals surface area contributed by atoms with E-state index in [2.05, 4.69) is 4.98 Å². The highest BCUT2D eigenvalue weighted by Gasteiger charge is 2.14. The summed E-state index contributed by atoms with van der Waals surface area (Å²) in [6.07, 6.45) is 2.52. The second-order valence-electron chi connectivity index (χ2n) is 5.02. The van der Waals surface area contributed by atoms with Crippen LogP contribution in [0.3, 0.4) is 0 Å². The van der Waals surface area contributed by atoms with Gasteiger partial charge in [0, 0.05) is 17.3 Å². The van der Waals surface area contributed by atoms with Crippen molar-refractivity contribution in [2.24, 2.45) is 0 Å². The number of pyridine rings is 1. The van der Waals surface area contributed by atoms with E-state index in [1.165, 1.54) is 0 Å². The van der Waals surface area contributed by atoms with Crippen molar-refractivity contribution in [1.82, 2.24) is 4.98 Å². The molecule has 0 aliphatic heterocycles. The molecule has 0 aliphatic rings. The number of para-hydroxylation sites is 1. The van der Waals surface area contributed by atoms with Crippen LogP contribution in [0.25, 0.3) is 11.0 Å². The first-order valence-electron chi connectivity index (χ1n) is 6.81. The SMILES string of the molecule is Cc1cccc2cc(C(O)CCc3ccccn3)oc12. The second-order valence-corrected chi connectivity index (χ2v) is 5.02. The Kier molecular flexibility index (Phi) is 3.52. The lowest BCUT2D eigenvalue weighted by Gasteiger charge is -2.06. The van der Waals surface area contributed by atoms with Gasteiger partial charge in [0.1, 0.15) is 17.4 Å². The summed E-state index contributed by atoms with van der Waals surface area (Å²) in [6, 6.07) is 13.7. The first-order chi connectivity index (χ1) is 9.74. The maximum atomic E-state index is 10.3.